The van der Waals surface area contributed by atoms with Crippen LogP contribution in [-0.2, 0) is 0 Å². The van der Waals surface area contributed by atoms with Gasteiger partial charge in [-0.3, -0.25) is 4.98 Å². The first-order valence-corrected chi connectivity index (χ1v) is 7.26. The van der Waals surface area contributed by atoms with Crippen LogP contribution in [0.2, 0.25) is 0 Å². The van der Waals surface area contributed by atoms with Gasteiger partial charge in [0.1, 0.15) is 11.3 Å². The molecule has 3 rings (SSSR count). The molecule has 0 radical (unpaired) electrons. The molecule has 2 heterocycles. The molecular weight excluding hydrogens is 272 g/mol. The number of aromatic hydroxyl groups is 1. The zero-order valence-electron chi connectivity index (χ0n) is 13.0. The van der Waals surface area contributed by atoms with E-state index in [2.05, 4.69) is 9.97 Å². The van der Waals surface area contributed by atoms with Gasteiger partial charge in [-0.2, -0.15) is 0 Å². The first kappa shape index (κ1) is 14.3. The summed E-state index contributed by atoms with van der Waals surface area (Å²) in [6.45, 7) is 5.90. The van der Waals surface area contributed by atoms with Crippen LogP contribution in [-0.4, -0.2) is 15.1 Å². The fourth-order valence-electron chi connectivity index (χ4n) is 2.57. The molecule has 1 N–H and O–H groups in total. The molecule has 3 nitrogen and oxygen atoms in total. The van der Waals surface area contributed by atoms with Gasteiger partial charge in [0.2, 0.25) is 0 Å². The van der Waals surface area contributed by atoms with Crippen LogP contribution >= 0.6 is 0 Å². The molecule has 3 aromatic rings. The molecule has 0 saturated heterocycles. The Bertz CT molecular complexity index is 882. The van der Waals surface area contributed by atoms with E-state index in [9.17, 15) is 5.11 Å². The van der Waals surface area contributed by atoms with E-state index in [1.54, 1.807) is 6.20 Å². The summed E-state index contributed by atoms with van der Waals surface area (Å²) in [4.78, 5) is 8.85. The maximum absolute atomic E-state index is 10.2. The Hall–Kier alpha value is -2.68. The zero-order chi connectivity index (χ0) is 15.7. The van der Waals surface area contributed by atoms with Crippen LogP contribution in [0.25, 0.3) is 23.1 Å². The van der Waals surface area contributed by atoms with E-state index in [1.807, 2.05) is 63.3 Å². The van der Waals surface area contributed by atoms with Crippen LogP contribution in [0.3, 0.4) is 0 Å². The lowest BCUT2D eigenvalue weighted by atomic mass is 10.0. The number of hydrogen-bond donors (Lipinski definition) is 1. The second-order valence-corrected chi connectivity index (χ2v) is 5.50. The highest BCUT2D eigenvalue weighted by molar-refractivity contribution is 5.89. The molecule has 22 heavy (non-hydrogen) atoms. The van der Waals surface area contributed by atoms with Gasteiger partial charge in [0, 0.05) is 17.3 Å². The van der Waals surface area contributed by atoms with Crippen LogP contribution in [0.5, 0.6) is 5.75 Å². The number of aryl methyl sites for hydroxylation is 3. The Morgan fingerprint density at radius 1 is 1.00 bits per heavy atom. The van der Waals surface area contributed by atoms with Crippen molar-refractivity contribution >= 4 is 23.1 Å². The fourth-order valence-corrected chi connectivity index (χ4v) is 2.57. The fraction of sp³-hybridized carbons (Fsp3) is 0.158. The minimum atomic E-state index is 0.258. The number of phenolic OH excluding ortho intramolecular Hbond substituents is 1. The van der Waals surface area contributed by atoms with E-state index in [0.717, 1.165) is 33.5 Å². The molecule has 0 bridgehead atoms. The van der Waals surface area contributed by atoms with Crippen LogP contribution in [0, 0.1) is 20.8 Å². The molecule has 0 aliphatic carbocycles. The third-order valence-corrected chi connectivity index (χ3v) is 3.85. The number of phenols is 1. The van der Waals surface area contributed by atoms with Gasteiger partial charge in [0.25, 0.3) is 0 Å². The van der Waals surface area contributed by atoms with Crippen LogP contribution in [0.15, 0.2) is 36.5 Å². The number of pyridine rings is 2. The smallest absolute Gasteiger partial charge is 0.144 e. The van der Waals surface area contributed by atoms with E-state index >= 15 is 0 Å². The van der Waals surface area contributed by atoms with Gasteiger partial charge in [-0.05, 0) is 55.7 Å². The Morgan fingerprint density at radius 3 is 2.59 bits per heavy atom. The minimum absolute atomic E-state index is 0.258. The zero-order valence-corrected chi connectivity index (χ0v) is 13.0. The number of hydrogen-bond acceptors (Lipinski definition) is 3. The molecule has 0 unspecified atom stereocenters. The SMILES string of the molecule is Cc1cc(C)c2ccc(C=Cc3cccnc3C)nc2c1O. The third kappa shape index (κ3) is 2.58. The highest BCUT2D eigenvalue weighted by Crippen LogP contribution is 2.29. The molecule has 0 aliphatic rings. The van der Waals surface area contributed by atoms with Crippen molar-refractivity contribution in [3.63, 3.8) is 0 Å². The molecule has 0 saturated carbocycles. The lowest BCUT2D eigenvalue weighted by Crippen LogP contribution is -1.89. The van der Waals surface area contributed by atoms with E-state index in [4.69, 9.17) is 0 Å². The maximum atomic E-state index is 10.2. The van der Waals surface area contributed by atoms with Gasteiger partial charge in [-0.15, -0.1) is 0 Å². The summed E-state index contributed by atoms with van der Waals surface area (Å²) in [6, 6.07) is 9.89. The molecule has 0 spiro atoms. The molecule has 0 fully saturated rings. The summed E-state index contributed by atoms with van der Waals surface area (Å²) in [7, 11) is 0. The third-order valence-electron chi connectivity index (χ3n) is 3.85. The maximum Gasteiger partial charge on any atom is 0.144 e. The Balaban J connectivity index is 2.06. The van der Waals surface area contributed by atoms with E-state index in [0.29, 0.717) is 5.52 Å². The largest absolute Gasteiger partial charge is 0.505 e. The Labute approximate surface area is 130 Å². The lowest BCUT2D eigenvalue weighted by molar-refractivity contribution is 0.476. The van der Waals surface area contributed by atoms with Gasteiger partial charge >= 0.3 is 0 Å². The minimum Gasteiger partial charge on any atom is -0.505 e. The molecule has 110 valence electrons. The van der Waals surface area contributed by atoms with Crippen molar-refractivity contribution in [2.75, 3.05) is 0 Å². The predicted octanol–water partition coefficient (Wildman–Crippen LogP) is 4.43. The average Bonchev–Trinajstić information content (AvgIpc) is 2.52. The molecule has 1 aromatic carbocycles. The monoisotopic (exact) mass is 290 g/mol. The summed E-state index contributed by atoms with van der Waals surface area (Å²) in [5.41, 5.74) is 5.49. The first-order chi connectivity index (χ1) is 10.6. The Kier molecular flexibility index (Phi) is 3.63. The van der Waals surface area contributed by atoms with Crippen LogP contribution in [0.1, 0.15) is 28.1 Å². The number of benzene rings is 1. The highest BCUT2D eigenvalue weighted by Gasteiger charge is 2.08. The lowest BCUT2D eigenvalue weighted by Gasteiger charge is -2.08. The van der Waals surface area contributed by atoms with Crippen molar-refractivity contribution in [2.24, 2.45) is 0 Å². The van der Waals surface area contributed by atoms with Crippen LogP contribution in [0.4, 0.5) is 0 Å². The molecule has 3 heteroatoms. The van der Waals surface area contributed by atoms with Crippen molar-refractivity contribution < 1.29 is 5.11 Å². The van der Waals surface area contributed by atoms with Crippen molar-refractivity contribution in [3.05, 3.63) is 64.6 Å². The average molecular weight is 290 g/mol. The number of fused-ring (bicyclic) bond motifs is 1. The van der Waals surface area contributed by atoms with E-state index in [1.165, 1.54) is 0 Å². The summed E-state index contributed by atoms with van der Waals surface area (Å²) in [5.74, 6) is 0.258. The number of rotatable bonds is 2. The van der Waals surface area contributed by atoms with Crippen molar-refractivity contribution in [3.8, 4) is 5.75 Å². The molecule has 0 amide bonds. The number of nitrogens with zero attached hydrogens (tertiary/aromatic N) is 2. The van der Waals surface area contributed by atoms with Gasteiger partial charge in [-0.25, -0.2) is 4.98 Å². The second kappa shape index (κ2) is 5.60. The quantitative estimate of drug-likeness (QED) is 0.759. The Morgan fingerprint density at radius 2 is 1.82 bits per heavy atom. The molecular formula is C19H18N2O. The van der Waals surface area contributed by atoms with Crippen molar-refractivity contribution in [1.29, 1.82) is 0 Å². The topological polar surface area (TPSA) is 46.0 Å². The standard InChI is InChI=1S/C19H18N2O/c1-12-11-13(2)19(22)18-17(12)9-8-16(21-18)7-6-15-5-4-10-20-14(15)3/h4-11,22H,1-3H3. The van der Waals surface area contributed by atoms with Gasteiger partial charge in [0.05, 0.1) is 5.69 Å². The van der Waals surface area contributed by atoms with Gasteiger partial charge in [-0.1, -0.05) is 24.3 Å². The first-order valence-electron chi connectivity index (χ1n) is 7.26. The second-order valence-electron chi connectivity index (χ2n) is 5.50. The molecule has 2 aromatic heterocycles. The van der Waals surface area contributed by atoms with E-state index in [-0.39, 0.29) is 5.75 Å². The highest BCUT2D eigenvalue weighted by atomic mass is 16.3. The summed E-state index contributed by atoms with van der Waals surface area (Å²) in [6.07, 6.45) is 5.72. The summed E-state index contributed by atoms with van der Waals surface area (Å²) in [5, 5.41) is 11.2. The summed E-state index contributed by atoms with van der Waals surface area (Å²) >= 11 is 0. The molecule has 0 aliphatic heterocycles. The summed E-state index contributed by atoms with van der Waals surface area (Å²) < 4.78 is 0. The molecule has 0 atom stereocenters. The predicted molar refractivity (Wildman–Crippen MR) is 90.8 cm³/mol. The van der Waals surface area contributed by atoms with Crippen molar-refractivity contribution in [1.82, 2.24) is 9.97 Å². The van der Waals surface area contributed by atoms with Crippen molar-refractivity contribution in [2.45, 2.75) is 20.8 Å². The van der Waals surface area contributed by atoms with E-state index < -0.39 is 0 Å². The van der Waals surface area contributed by atoms with Crippen LogP contribution < -0.4 is 0 Å². The number of aromatic nitrogens is 2. The van der Waals surface area contributed by atoms with Gasteiger partial charge < -0.3 is 5.11 Å². The van der Waals surface area contributed by atoms with Gasteiger partial charge in [0.15, 0.2) is 0 Å². The normalized spacial score (nSPS) is 11.4.